The fourth-order valence-electron chi connectivity index (χ4n) is 1.66. The maximum absolute atomic E-state index is 11.7. The van der Waals surface area contributed by atoms with Crippen LogP contribution in [-0.4, -0.2) is 20.9 Å². The number of amides is 1. The zero-order valence-corrected chi connectivity index (χ0v) is 12.2. The van der Waals surface area contributed by atoms with Crippen molar-refractivity contribution >= 4 is 15.9 Å². The Morgan fingerprint density at radius 1 is 1.47 bits per heavy atom. The standard InChI is InChI=1S/C12H20N2O4S/c1-8(2)5-4-6-14-12(15)10-7-11(9(3)18-10)19(13,16)17/h7-8H,4-6H2,1-3H3,(H,14,15)(H2,13,16,17). The second-order valence-electron chi connectivity index (χ2n) is 4.87. The molecule has 0 aliphatic rings. The summed E-state index contributed by atoms with van der Waals surface area (Å²) in [6.45, 7) is 6.20. The van der Waals surface area contributed by atoms with Gasteiger partial charge in [0.05, 0.1) is 0 Å². The highest BCUT2D eigenvalue weighted by atomic mass is 32.2. The van der Waals surface area contributed by atoms with Gasteiger partial charge in [-0.1, -0.05) is 13.8 Å². The van der Waals surface area contributed by atoms with E-state index < -0.39 is 15.9 Å². The monoisotopic (exact) mass is 288 g/mol. The second-order valence-corrected chi connectivity index (χ2v) is 6.40. The van der Waals surface area contributed by atoms with Crippen LogP contribution in [0.5, 0.6) is 0 Å². The summed E-state index contributed by atoms with van der Waals surface area (Å²) in [6, 6.07) is 1.16. The summed E-state index contributed by atoms with van der Waals surface area (Å²) in [5.74, 6) is 0.236. The molecular formula is C12H20N2O4S. The second kappa shape index (κ2) is 6.21. The molecule has 0 spiro atoms. The first-order chi connectivity index (χ1) is 8.71. The van der Waals surface area contributed by atoms with Crippen molar-refractivity contribution < 1.29 is 17.6 Å². The lowest BCUT2D eigenvalue weighted by Gasteiger charge is -2.05. The van der Waals surface area contributed by atoms with E-state index in [2.05, 4.69) is 19.2 Å². The van der Waals surface area contributed by atoms with Gasteiger partial charge >= 0.3 is 0 Å². The Bertz CT molecular complexity index is 546. The summed E-state index contributed by atoms with van der Waals surface area (Å²) >= 11 is 0. The van der Waals surface area contributed by atoms with Crippen LogP contribution in [0.1, 0.15) is 43.0 Å². The number of carbonyl (C=O) groups is 1. The van der Waals surface area contributed by atoms with Crippen molar-refractivity contribution in [2.45, 2.75) is 38.5 Å². The number of sulfonamides is 1. The van der Waals surface area contributed by atoms with E-state index in [1.54, 1.807) is 0 Å². The highest BCUT2D eigenvalue weighted by Gasteiger charge is 2.20. The average Bonchev–Trinajstić information content (AvgIpc) is 2.66. The Kier molecular flexibility index (Phi) is 5.13. The van der Waals surface area contributed by atoms with E-state index in [0.717, 1.165) is 18.9 Å². The van der Waals surface area contributed by atoms with Crippen molar-refractivity contribution in [3.63, 3.8) is 0 Å². The summed E-state index contributed by atoms with van der Waals surface area (Å²) in [7, 11) is -3.86. The largest absolute Gasteiger partial charge is 0.455 e. The molecule has 1 aromatic rings. The quantitative estimate of drug-likeness (QED) is 0.772. The molecule has 0 atom stereocenters. The summed E-state index contributed by atoms with van der Waals surface area (Å²) in [4.78, 5) is 11.6. The van der Waals surface area contributed by atoms with Crippen molar-refractivity contribution in [1.82, 2.24) is 5.32 Å². The first-order valence-electron chi connectivity index (χ1n) is 6.13. The van der Waals surface area contributed by atoms with Crippen LogP contribution in [0, 0.1) is 12.8 Å². The van der Waals surface area contributed by atoms with Crippen LogP contribution in [0.4, 0.5) is 0 Å². The van der Waals surface area contributed by atoms with Crippen molar-refractivity contribution in [1.29, 1.82) is 0 Å². The zero-order chi connectivity index (χ0) is 14.6. The maximum Gasteiger partial charge on any atom is 0.287 e. The molecule has 0 aliphatic heterocycles. The molecule has 19 heavy (non-hydrogen) atoms. The Morgan fingerprint density at radius 3 is 2.58 bits per heavy atom. The number of furan rings is 1. The van der Waals surface area contributed by atoms with Crippen molar-refractivity contribution in [3.8, 4) is 0 Å². The molecule has 0 unspecified atom stereocenters. The van der Waals surface area contributed by atoms with E-state index in [0.29, 0.717) is 12.5 Å². The molecule has 0 radical (unpaired) electrons. The molecule has 0 saturated carbocycles. The molecule has 0 aliphatic carbocycles. The molecule has 108 valence electrons. The number of hydrogen-bond donors (Lipinski definition) is 2. The predicted octanol–water partition coefficient (Wildman–Crippen LogP) is 1.40. The van der Waals surface area contributed by atoms with Crippen LogP contribution in [0.15, 0.2) is 15.4 Å². The Labute approximate surface area is 113 Å². The van der Waals surface area contributed by atoms with Crippen molar-refractivity contribution in [2.75, 3.05) is 6.54 Å². The molecule has 1 rings (SSSR count). The normalized spacial score (nSPS) is 11.8. The van der Waals surface area contributed by atoms with E-state index >= 15 is 0 Å². The Balaban J connectivity index is 2.64. The molecule has 1 heterocycles. The number of primary sulfonamides is 1. The molecule has 7 heteroatoms. The smallest absolute Gasteiger partial charge is 0.287 e. The van der Waals surface area contributed by atoms with Gasteiger partial charge in [0, 0.05) is 12.6 Å². The van der Waals surface area contributed by atoms with Gasteiger partial charge in [-0.2, -0.15) is 0 Å². The van der Waals surface area contributed by atoms with Gasteiger partial charge in [-0.15, -0.1) is 0 Å². The van der Waals surface area contributed by atoms with Crippen LogP contribution < -0.4 is 10.5 Å². The highest BCUT2D eigenvalue weighted by molar-refractivity contribution is 7.89. The topological polar surface area (TPSA) is 102 Å². The van der Waals surface area contributed by atoms with E-state index in [1.807, 2.05) is 0 Å². The number of carbonyl (C=O) groups excluding carboxylic acids is 1. The summed E-state index contributed by atoms with van der Waals surface area (Å²) in [6.07, 6.45) is 1.88. The van der Waals surface area contributed by atoms with Crippen LogP contribution in [-0.2, 0) is 10.0 Å². The molecule has 6 nitrogen and oxygen atoms in total. The summed E-state index contributed by atoms with van der Waals surface area (Å²) < 4.78 is 27.5. The van der Waals surface area contributed by atoms with E-state index in [-0.39, 0.29) is 16.4 Å². The molecule has 3 N–H and O–H groups in total. The van der Waals surface area contributed by atoms with Gasteiger partial charge in [0.2, 0.25) is 10.0 Å². The summed E-state index contributed by atoms with van der Waals surface area (Å²) in [5.41, 5.74) is 0. The molecule has 0 bridgehead atoms. The molecule has 0 aromatic carbocycles. The Hall–Kier alpha value is -1.34. The minimum absolute atomic E-state index is 0.0360. The maximum atomic E-state index is 11.7. The number of rotatable bonds is 6. The van der Waals surface area contributed by atoms with Gasteiger partial charge in [-0.3, -0.25) is 4.79 Å². The fraction of sp³-hybridized carbons (Fsp3) is 0.583. The van der Waals surface area contributed by atoms with Gasteiger partial charge in [-0.25, -0.2) is 13.6 Å². The minimum Gasteiger partial charge on any atom is -0.455 e. The van der Waals surface area contributed by atoms with E-state index in [4.69, 9.17) is 9.56 Å². The number of aryl methyl sites for hydroxylation is 1. The van der Waals surface area contributed by atoms with Gasteiger partial charge in [0.25, 0.3) is 5.91 Å². The molecular weight excluding hydrogens is 268 g/mol. The van der Waals surface area contributed by atoms with Gasteiger partial charge < -0.3 is 9.73 Å². The average molecular weight is 288 g/mol. The van der Waals surface area contributed by atoms with Gasteiger partial charge in [-0.05, 0) is 25.7 Å². The summed E-state index contributed by atoms with van der Waals surface area (Å²) in [5, 5.41) is 7.68. The van der Waals surface area contributed by atoms with Crippen LogP contribution in [0.3, 0.4) is 0 Å². The van der Waals surface area contributed by atoms with Crippen LogP contribution in [0.2, 0.25) is 0 Å². The third kappa shape index (κ3) is 4.68. The first kappa shape index (κ1) is 15.7. The molecule has 0 saturated heterocycles. The predicted molar refractivity (Wildman–Crippen MR) is 71.2 cm³/mol. The third-order valence-electron chi connectivity index (χ3n) is 2.65. The van der Waals surface area contributed by atoms with E-state index in [9.17, 15) is 13.2 Å². The van der Waals surface area contributed by atoms with E-state index in [1.165, 1.54) is 6.92 Å². The lowest BCUT2D eigenvalue weighted by molar-refractivity contribution is 0.0923. The highest BCUT2D eigenvalue weighted by Crippen LogP contribution is 2.18. The first-order valence-corrected chi connectivity index (χ1v) is 7.68. The zero-order valence-electron chi connectivity index (χ0n) is 11.4. The van der Waals surface area contributed by atoms with Gasteiger partial charge in [0.1, 0.15) is 10.7 Å². The molecule has 0 fully saturated rings. The SMILES string of the molecule is Cc1oc(C(=O)NCCCC(C)C)cc1S(N)(=O)=O. The lowest BCUT2D eigenvalue weighted by Crippen LogP contribution is -2.24. The van der Waals surface area contributed by atoms with Crippen LogP contribution >= 0.6 is 0 Å². The molecule has 1 aromatic heterocycles. The van der Waals surface area contributed by atoms with Gasteiger partial charge in [0.15, 0.2) is 5.76 Å². The fourth-order valence-corrected chi connectivity index (χ4v) is 2.37. The van der Waals surface area contributed by atoms with Crippen LogP contribution in [0.25, 0.3) is 0 Å². The minimum atomic E-state index is -3.86. The lowest BCUT2D eigenvalue weighted by atomic mass is 10.1. The third-order valence-corrected chi connectivity index (χ3v) is 3.66. The number of nitrogens with one attached hydrogen (secondary N) is 1. The van der Waals surface area contributed by atoms with Crippen molar-refractivity contribution in [2.24, 2.45) is 11.1 Å². The number of nitrogens with two attached hydrogens (primary N) is 1. The Morgan fingerprint density at radius 2 is 2.11 bits per heavy atom. The molecule has 1 amide bonds. The number of hydrogen-bond acceptors (Lipinski definition) is 4. The van der Waals surface area contributed by atoms with Crippen molar-refractivity contribution in [3.05, 3.63) is 17.6 Å².